The molecule has 1 heterocycles. The molecule has 0 saturated carbocycles. The Kier molecular flexibility index (Phi) is 5.64. The first-order chi connectivity index (χ1) is 8.37. The standard InChI is InChI=1S/C14H23NO3/c1-14(2,3)7-4-8-15-9-5-12(6-10-15)18-11-13(16)17/h12H,5-6,8-11H2,1-3H3,(H,16,17). The van der Waals surface area contributed by atoms with Crippen molar-refractivity contribution in [2.45, 2.75) is 39.7 Å². The third-order valence-electron chi connectivity index (χ3n) is 2.74. The third kappa shape index (κ3) is 6.63. The van der Waals surface area contributed by atoms with Crippen molar-refractivity contribution >= 4 is 5.97 Å². The maximum absolute atomic E-state index is 10.4. The van der Waals surface area contributed by atoms with E-state index in [-0.39, 0.29) is 18.1 Å². The molecule has 102 valence electrons. The van der Waals surface area contributed by atoms with E-state index < -0.39 is 5.97 Å². The number of carbonyl (C=O) groups is 1. The SMILES string of the molecule is CC(C)(C)C#CCN1CCC(OCC(=O)O)CC1. The Balaban J connectivity index is 2.22. The summed E-state index contributed by atoms with van der Waals surface area (Å²) in [6, 6.07) is 0. The first-order valence-corrected chi connectivity index (χ1v) is 6.42. The normalized spacial score (nSPS) is 18.2. The lowest BCUT2D eigenvalue weighted by Gasteiger charge is -2.30. The van der Waals surface area contributed by atoms with Gasteiger partial charge < -0.3 is 9.84 Å². The molecule has 0 aromatic carbocycles. The van der Waals surface area contributed by atoms with Crippen LogP contribution < -0.4 is 0 Å². The van der Waals surface area contributed by atoms with Crippen molar-refractivity contribution in [2.24, 2.45) is 5.41 Å². The number of likely N-dealkylation sites (tertiary alicyclic amines) is 1. The molecule has 1 N–H and O–H groups in total. The van der Waals surface area contributed by atoms with Gasteiger partial charge in [-0.05, 0) is 33.6 Å². The number of hydrogen-bond acceptors (Lipinski definition) is 3. The molecular weight excluding hydrogens is 230 g/mol. The summed E-state index contributed by atoms with van der Waals surface area (Å²) in [5.41, 5.74) is 0.0585. The highest BCUT2D eigenvalue weighted by Gasteiger charge is 2.19. The van der Waals surface area contributed by atoms with E-state index in [4.69, 9.17) is 9.84 Å². The van der Waals surface area contributed by atoms with Crippen LogP contribution in [0.25, 0.3) is 0 Å². The molecule has 1 aliphatic heterocycles. The fourth-order valence-corrected chi connectivity index (χ4v) is 1.84. The number of hydrogen-bond donors (Lipinski definition) is 1. The van der Waals surface area contributed by atoms with Crippen LogP contribution in [-0.4, -0.2) is 48.3 Å². The summed E-state index contributed by atoms with van der Waals surface area (Å²) in [7, 11) is 0. The Labute approximate surface area is 109 Å². The summed E-state index contributed by atoms with van der Waals surface area (Å²) in [5.74, 6) is 5.53. The quantitative estimate of drug-likeness (QED) is 0.773. The minimum Gasteiger partial charge on any atom is -0.480 e. The monoisotopic (exact) mass is 253 g/mol. The second-order valence-electron chi connectivity index (χ2n) is 5.73. The zero-order valence-corrected chi connectivity index (χ0v) is 11.5. The molecule has 18 heavy (non-hydrogen) atoms. The largest absolute Gasteiger partial charge is 0.480 e. The highest BCUT2D eigenvalue weighted by atomic mass is 16.5. The molecule has 1 fully saturated rings. The minimum absolute atomic E-state index is 0.0585. The van der Waals surface area contributed by atoms with Gasteiger partial charge in [0, 0.05) is 18.5 Å². The Hall–Kier alpha value is -1.05. The van der Waals surface area contributed by atoms with E-state index in [2.05, 4.69) is 37.5 Å². The number of ether oxygens (including phenoxy) is 1. The summed E-state index contributed by atoms with van der Waals surface area (Å²) >= 11 is 0. The molecule has 1 saturated heterocycles. The van der Waals surface area contributed by atoms with Crippen molar-refractivity contribution in [3.05, 3.63) is 0 Å². The van der Waals surface area contributed by atoms with Crippen LogP contribution in [0.3, 0.4) is 0 Å². The van der Waals surface area contributed by atoms with Crippen molar-refractivity contribution in [3.8, 4) is 11.8 Å². The van der Waals surface area contributed by atoms with E-state index in [9.17, 15) is 4.79 Å². The van der Waals surface area contributed by atoms with E-state index in [1.165, 1.54) is 0 Å². The molecule has 1 rings (SSSR count). The first kappa shape index (κ1) is 15.0. The lowest BCUT2D eigenvalue weighted by molar-refractivity contribution is -0.145. The van der Waals surface area contributed by atoms with Crippen LogP contribution in [0.5, 0.6) is 0 Å². The van der Waals surface area contributed by atoms with Crippen LogP contribution >= 0.6 is 0 Å². The number of carboxylic acid groups (broad SMARTS) is 1. The summed E-state index contributed by atoms with van der Waals surface area (Å²) < 4.78 is 5.29. The lowest BCUT2D eigenvalue weighted by Crippen LogP contribution is -2.37. The number of carboxylic acids is 1. The summed E-state index contributed by atoms with van der Waals surface area (Å²) in [4.78, 5) is 12.7. The maximum Gasteiger partial charge on any atom is 0.329 e. The van der Waals surface area contributed by atoms with Gasteiger partial charge in [0.25, 0.3) is 0 Å². The molecule has 0 amide bonds. The fraction of sp³-hybridized carbons (Fsp3) is 0.786. The number of rotatable bonds is 4. The topological polar surface area (TPSA) is 49.8 Å². The molecule has 0 aliphatic carbocycles. The van der Waals surface area contributed by atoms with Crippen molar-refractivity contribution < 1.29 is 14.6 Å². The van der Waals surface area contributed by atoms with Crippen LogP contribution in [0.2, 0.25) is 0 Å². The second-order valence-corrected chi connectivity index (χ2v) is 5.73. The van der Waals surface area contributed by atoms with Gasteiger partial charge in [0.1, 0.15) is 6.61 Å². The van der Waals surface area contributed by atoms with Gasteiger partial charge in [0.15, 0.2) is 0 Å². The van der Waals surface area contributed by atoms with Gasteiger partial charge in [-0.3, -0.25) is 4.90 Å². The summed E-state index contributed by atoms with van der Waals surface area (Å²) in [6.07, 6.45) is 1.88. The lowest BCUT2D eigenvalue weighted by atomic mass is 9.98. The van der Waals surface area contributed by atoms with Gasteiger partial charge in [-0.2, -0.15) is 0 Å². The molecule has 4 nitrogen and oxygen atoms in total. The molecule has 0 aromatic rings. The van der Waals surface area contributed by atoms with Crippen LogP contribution in [0.1, 0.15) is 33.6 Å². The zero-order valence-electron chi connectivity index (χ0n) is 11.5. The first-order valence-electron chi connectivity index (χ1n) is 6.42. The Morgan fingerprint density at radius 2 is 2.00 bits per heavy atom. The van der Waals surface area contributed by atoms with Crippen molar-refractivity contribution in [1.82, 2.24) is 4.90 Å². The number of aliphatic carboxylic acids is 1. The van der Waals surface area contributed by atoms with Crippen LogP contribution in [0.4, 0.5) is 0 Å². The molecule has 4 heteroatoms. The van der Waals surface area contributed by atoms with Gasteiger partial charge in [-0.25, -0.2) is 4.79 Å². The minimum atomic E-state index is -0.895. The van der Waals surface area contributed by atoms with E-state index in [1.54, 1.807) is 0 Å². The van der Waals surface area contributed by atoms with Crippen LogP contribution in [0, 0.1) is 17.3 Å². The van der Waals surface area contributed by atoms with Gasteiger partial charge in [0.05, 0.1) is 12.6 Å². The molecular formula is C14H23NO3. The smallest absolute Gasteiger partial charge is 0.329 e. The summed E-state index contributed by atoms with van der Waals surface area (Å²) in [5, 5.41) is 8.53. The van der Waals surface area contributed by atoms with Crippen molar-refractivity contribution in [3.63, 3.8) is 0 Å². The van der Waals surface area contributed by atoms with E-state index in [0.29, 0.717) is 0 Å². The molecule has 0 unspecified atom stereocenters. The van der Waals surface area contributed by atoms with E-state index in [0.717, 1.165) is 32.5 Å². The molecule has 0 bridgehead atoms. The van der Waals surface area contributed by atoms with Crippen LogP contribution in [0.15, 0.2) is 0 Å². The predicted molar refractivity (Wildman–Crippen MR) is 70.3 cm³/mol. The van der Waals surface area contributed by atoms with Gasteiger partial charge in [-0.15, -0.1) is 0 Å². The van der Waals surface area contributed by atoms with Gasteiger partial charge in [0.2, 0.25) is 0 Å². The van der Waals surface area contributed by atoms with E-state index in [1.807, 2.05) is 0 Å². The fourth-order valence-electron chi connectivity index (χ4n) is 1.84. The van der Waals surface area contributed by atoms with Gasteiger partial charge >= 0.3 is 5.97 Å². The highest BCUT2D eigenvalue weighted by Crippen LogP contribution is 2.13. The third-order valence-corrected chi connectivity index (χ3v) is 2.74. The average Bonchev–Trinajstić information content (AvgIpc) is 2.26. The second kappa shape index (κ2) is 6.77. The Bertz CT molecular complexity index is 327. The zero-order chi connectivity index (χ0) is 13.6. The molecule has 0 aromatic heterocycles. The molecule has 0 radical (unpaired) electrons. The highest BCUT2D eigenvalue weighted by molar-refractivity contribution is 5.68. The van der Waals surface area contributed by atoms with Crippen molar-refractivity contribution in [1.29, 1.82) is 0 Å². The Morgan fingerprint density at radius 3 is 2.50 bits per heavy atom. The Morgan fingerprint density at radius 1 is 1.39 bits per heavy atom. The van der Waals surface area contributed by atoms with E-state index >= 15 is 0 Å². The molecule has 0 spiro atoms. The summed E-state index contributed by atoms with van der Waals surface area (Å²) in [6.45, 7) is 8.79. The predicted octanol–water partition coefficient (Wildman–Crippen LogP) is 1.60. The number of piperidine rings is 1. The molecule has 0 atom stereocenters. The van der Waals surface area contributed by atoms with Crippen molar-refractivity contribution in [2.75, 3.05) is 26.2 Å². The van der Waals surface area contributed by atoms with Gasteiger partial charge in [-0.1, -0.05) is 11.8 Å². The maximum atomic E-state index is 10.4. The average molecular weight is 253 g/mol. The molecule has 1 aliphatic rings. The van der Waals surface area contributed by atoms with Crippen LogP contribution in [-0.2, 0) is 9.53 Å². The number of nitrogens with zero attached hydrogens (tertiary/aromatic N) is 1.